The maximum atomic E-state index is 5.44. The van der Waals surface area contributed by atoms with Crippen molar-refractivity contribution < 1.29 is 4.52 Å². The first-order valence-corrected chi connectivity index (χ1v) is 7.16. The number of pyridine rings is 1. The van der Waals surface area contributed by atoms with Gasteiger partial charge in [0.05, 0.1) is 11.9 Å². The molecule has 23 heavy (non-hydrogen) atoms. The smallest absolute Gasteiger partial charge is 0.156 e. The van der Waals surface area contributed by atoms with E-state index in [0.717, 1.165) is 33.9 Å². The molecule has 0 unspecified atom stereocenters. The Morgan fingerprint density at radius 1 is 1.17 bits per heavy atom. The van der Waals surface area contributed by atoms with Crippen LogP contribution in [0.2, 0.25) is 0 Å². The Morgan fingerprint density at radius 3 is 2.91 bits per heavy atom. The van der Waals surface area contributed by atoms with Crippen molar-refractivity contribution in [3.63, 3.8) is 0 Å². The Labute approximate surface area is 132 Å². The SMILES string of the molecule is CN(Cc1cc(-c2ccncc2)no1)c1ncnc2[nH]ccc12. The molecule has 0 fully saturated rings. The zero-order valence-corrected chi connectivity index (χ0v) is 12.5. The molecule has 1 N–H and O–H groups in total. The van der Waals surface area contributed by atoms with Gasteiger partial charge in [-0.05, 0) is 18.2 Å². The Hall–Kier alpha value is -3.22. The van der Waals surface area contributed by atoms with Gasteiger partial charge in [0.15, 0.2) is 5.76 Å². The second-order valence-electron chi connectivity index (χ2n) is 5.21. The summed E-state index contributed by atoms with van der Waals surface area (Å²) in [4.78, 5) is 17.7. The van der Waals surface area contributed by atoms with E-state index in [4.69, 9.17) is 4.52 Å². The molecule has 4 aromatic rings. The number of H-pyrrole nitrogens is 1. The molecule has 0 radical (unpaired) electrons. The minimum absolute atomic E-state index is 0.565. The van der Waals surface area contributed by atoms with Crippen molar-refractivity contribution in [3.8, 4) is 11.3 Å². The number of aromatic nitrogens is 5. The van der Waals surface area contributed by atoms with Crippen LogP contribution in [-0.4, -0.2) is 32.1 Å². The van der Waals surface area contributed by atoms with Gasteiger partial charge >= 0.3 is 0 Å². The summed E-state index contributed by atoms with van der Waals surface area (Å²) >= 11 is 0. The van der Waals surface area contributed by atoms with Crippen LogP contribution in [0.3, 0.4) is 0 Å². The van der Waals surface area contributed by atoms with Crippen LogP contribution < -0.4 is 4.90 Å². The van der Waals surface area contributed by atoms with E-state index in [1.54, 1.807) is 18.7 Å². The molecule has 0 amide bonds. The first kappa shape index (κ1) is 13.4. The van der Waals surface area contributed by atoms with Crippen molar-refractivity contribution in [2.24, 2.45) is 0 Å². The van der Waals surface area contributed by atoms with E-state index in [1.807, 2.05) is 42.4 Å². The summed E-state index contributed by atoms with van der Waals surface area (Å²) in [5, 5.41) is 5.09. The zero-order chi connectivity index (χ0) is 15.6. The molecule has 0 aromatic carbocycles. The third-order valence-corrected chi connectivity index (χ3v) is 3.62. The van der Waals surface area contributed by atoms with Crippen LogP contribution in [0, 0.1) is 0 Å². The van der Waals surface area contributed by atoms with Crippen molar-refractivity contribution in [2.75, 3.05) is 11.9 Å². The molecule has 114 valence electrons. The van der Waals surface area contributed by atoms with Gasteiger partial charge in [0, 0.05) is 37.3 Å². The number of fused-ring (bicyclic) bond motifs is 1. The lowest BCUT2D eigenvalue weighted by molar-refractivity contribution is 0.385. The highest BCUT2D eigenvalue weighted by Gasteiger charge is 2.13. The van der Waals surface area contributed by atoms with Gasteiger partial charge in [0.2, 0.25) is 0 Å². The summed E-state index contributed by atoms with van der Waals surface area (Å²) in [6.45, 7) is 0.565. The van der Waals surface area contributed by atoms with E-state index < -0.39 is 0 Å². The highest BCUT2D eigenvalue weighted by molar-refractivity contribution is 5.87. The largest absolute Gasteiger partial charge is 0.359 e. The molecule has 4 aromatic heterocycles. The molecule has 4 heterocycles. The number of rotatable bonds is 4. The summed E-state index contributed by atoms with van der Waals surface area (Å²) in [5.74, 6) is 1.61. The second kappa shape index (κ2) is 5.53. The highest BCUT2D eigenvalue weighted by Crippen LogP contribution is 2.24. The predicted molar refractivity (Wildman–Crippen MR) is 85.7 cm³/mol. The number of nitrogens with one attached hydrogen (secondary N) is 1. The van der Waals surface area contributed by atoms with Gasteiger partial charge in [-0.3, -0.25) is 4.98 Å². The normalized spacial score (nSPS) is 11.0. The summed E-state index contributed by atoms with van der Waals surface area (Å²) in [6.07, 6.45) is 6.87. The van der Waals surface area contributed by atoms with Crippen molar-refractivity contribution in [2.45, 2.75) is 6.54 Å². The molecule has 0 aliphatic carbocycles. The number of hydrogen-bond acceptors (Lipinski definition) is 6. The lowest BCUT2D eigenvalue weighted by Gasteiger charge is -2.16. The lowest BCUT2D eigenvalue weighted by atomic mass is 10.2. The second-order valence-corrected chi connectivity index (χ2v) is 5.21. The number of hydrogen-bond donors (Lipinski definition) is 1. The zero-order valence-electron chi connectivity index (χ0n) is 12.5. The Bertz CT molecular complexity index is 930. The van der Waals surface area contributed by atoms with Gasteiger partial charge in [-0.15, -0.1) is 0 Å². The standard InChI is InChI=1S/C16H14N6O/c1-22(16-13-4-7-18-15(13)19-10-20-16)9-12-8-14(21-23-12)11-2-5-17-6-3-11/h2-8,10H,9H2,1H3,(H,18,19,20). The van der Waals surface area contributed by atoms with Crippen LogP contribution in [0.5, 0.6) is 0 Å². The van der Waals surface area contributed by atoms with Crippen LogP contribution in [0.15, 0.2) is 53.7 Å². The number of anilines is 1. The number of nitrogens with zero attached hydrogens (tertiary/aromatic N) is 5. The molecule has 0 spiro atoms. The van der Waals surface area contributed by atoms with Gasteiger partial charge in [-0.2, -0.15) is 0 Å². The lowest BCUT2D eigenvalue weighted by Crippen LogP contribution is -2.17. The highest BCUT2D eigenvalue weighted by atomic mass is 16.5. The Kier molecular flexibility index (Phi) is 3.23. The van der Waals surface area contributed by atoms with Gasteiger partial charge in [0.25, 0.3) is 0 Å². The fraction of sp³-hybridized carbons (Fsp3) is 0.125. The predicted octanol–water partition coefficient (Wildman–Crippen LogP) is 2.64. The third-order valence-electron chi connectivity index (χ3n) is 3.62. The Morgan fingerprint density at radius 2 is 2.04 bits per heavy atom. The minimum atomic E-state index is 0.565. The van der Waals surface area contributed by atoms with E-state index >= 15 is 0 Å². The molecule has 0 bridgehead atoms. The molecular formula is C16H14N6O. The quantitative estimate of drug-likeness (QED) is 0.624. The molecule has 0 atom stereocenters. The molecule has 0 aliphatic heterocycles. The topological polar surface area (TPSA) is 83.7 Å². The van der Waals surface area contributed by atoms with Crippen LogP contribution >= 0.6 is 0 Å². The summed E-state index contributed by atoms with van der Waals surface area (Å²) in [6, 6.07) is 7.70. The molecule has 7 nitrogen and oxygen atoms in total. The van der Waals surface area contributed by atoms with E-state index in [2.05, 4.69) is 25.1 Å². The monoisotopic (exact) mass is 306 g/mol. The molecule has 0 aliphatic rings. The van der Waals surface area contributed by atoms with Gasteiger partial charge in [0.1, 0.15) is 23.5 Å². The Balaban J connectivity index is 1.59. The molecule has 4 rings (SSSR count). The fourth-order valence-electron chi connectivity index (χ4n) is 2.52. The summed E-state index contributed by atoms with van der Waals surface area (Å²) < 4.78 is 5.44. The first-order valence-electron chi connectivity index (χ1n) is 7.16. The van der Waals surface area contributed by atoms with E-state index in [9.17, 15) is 0 Å². The average molecular weight is 306 g/mol. The van der Waals surface area contributed by atoms with E-state index in [1.165, 1.54) is 0 Å². The van der Waals surface area contributed by atoms with E-state index in [-0.39, 0.29) is 0 Å². The summed E-state index contributed by atoms with van der Waals surface area (Å²) in [5.41, 5.74) is 2.59. The van der Waals surface area contributed by atoms with E-state index in [0.29, 0.717) is 6.54 Å². The van der Waals surface area contributed by atoms with Crippen LogP contribution in [-0.2, 0) is 6.54 Å². The molecule has 0 saturated carbocycles. The van der Waals surface area contributed by atoms with Gasteiger partial charge < -0.3 is 14.4 Å². The van der Waals surface area contributed by atoms with Crippen molar-refractivity contribution in [1.29, 1.82) is 0 Å². The maximum Gasteiger partial charge on any atom is 0.156 e. The van der Waals surface area contributed by atoms with Crippen LogP contribution in [0.4, 0.5) is 5.82 Å². The molecular weight excluding hydrogens is 292 g/mol. The fourth-order valence-corrected chi connectivity index (χ4v) is 2.52. The van der Waals surface area contributed by atoms with Crippen molar-refractivity contribution >= 4 is 16.9 Å². The van der Waals surface area contributed by atoms with Crippen molar-refractivity contribution in [1.82, 2.24) is 25.1 Å². The number of aromatic amines is 1. The van der Waals surface area contributed by atoms with Crippen molar-refractivity contribution in [3.05, 3.63) is 54.9 Å². The molecule has 7 heteroatoms. The first-order chi connectivity index (χ1) is 11.3. The summed E-state index contributed by atoms with van der Waals surface area (Å²) in [7, 11) is 1.96. The van der Waals surface area contributed by atoms with Crippen LogP contribution in [0.1, 0.15) is 5.76 Å². The minimum Gasteiger partial charge on any atom is -0.359 e. The average Bonchev–Trinajstić information content (AvgIpc) is 3.24. The third kappa shape index (κ3) is 2.52. The van der Waals surface area contributed by atoms with Gasteiger partial charge in [-0.1, -0.05) is 5.16 Å². The van der Waals surface area contributed by atoms with Gasteiger partial charge in [-0.25, -0.2) is 9.97 Å². The maximum absolute atomic E-state index is 5.44. The van der Waals surface area contributed by atoms with Crippen LogP contribution in [0.25, 0.3) is 22.3 Å². The molecule has 0 saturated heterocycles.